The Hall–Kier alpha value is -3.54. The molecule has 0 bridgehead atoms. The minimum absolute atomic E-state index is 0.110. The minimum atomic E-state index is -1.05. The zero-order chi connectivity index (χ0) is 29.4. The first-order valence-electron chi connectivity index (χ1n) is 12.9. The van der Waals surface area contributed by atoms with Crippen LogP contribution in [-0.2, 0) is 4.79 Å². The van der Waals surface area contributed by atoms with Gasteiger partial charge in [0.25, 0.3) is 5.56 Å². The third kappa shape index (κ3) is 11.4. The lowest BCUT2D eigenvalue weighted by Crippen LogP contribution is -2.29. The number of pyridine rings is 1. The highest BCUT2D eigenvalue weighted by Crippen LogP contribution is 2.26. The highest BCUT2D eigenvalue weighted by atomic mass is 19.1. The number of hydrogen-bond acceptors (Lipinski definition) is 7. The van der Waals surface area contributed by atoms with Crippen LogP contribution >= 0.6 is 0 Å². The lowest BCUT2D eigenvalue weighted by Gasteiger charge is -2.15. The fourth-order valence-electron chi connectivity index (χ4n) is 3.90. The van der Waals surface area contributed by atoms with Crippen molar-refractivity contribution in [2.45, 2.75) is 52.2 Å². The van der Waals surface area contributed by atoms with Crippen molar-refractivity contribution in [1.29, 1.82) is 0 Å². The monoisotopic (exact) mass is 547 g/mol. The number of carboxylic acid groups (broad SMARTS) is 1. The van der Waals surface area contributed by atoms with Crippen molar-refractivity contribution in [2.75, 3.05) is 32.5 Å². The molecule has 1 aromatic carbocycles. The molecule has 0 aliphatic carbocycles. The van der Waals surface area contributed by atoms with Gasteiger partial charge in [-0.25, -0.2) is 4.39 Å². The number of aliphatic hydroxyl groups excluding tert-OH is 2. The molecular weight excluding hydrogens is 505 g/mol. The number of allylic oxidation sites excluding steroid dienone is 2. The highest BCUT2D eigenvalue weighted by molar-refractivity contribution is 6.09. The quantitative estimate of drug-likeness (QED) is 0.0872. The van der Waals surface area contributed by atoms with Crippen LogP contribution in [0.4, 0.5) is 10.1 Å². The number of benzene rings is 1. The van der Waals surface area contributed by atoms with E-state index >= 15 is 0 Å². The minimum Gasteiger partial charge on any atom is -0.481 e. The molecule has 1 heterocycles. The number of H-pyrrole nitrogens is 1. The van der Waals surface area contributed by atoms with Gasteiger partial charge in [-0.05, 0) is 57.5 Å². The molecule has 0 amide bonds. The Labute approximate surface area is 228 Å². The van der Waals surface area contributed by atoms with Gasteiger partial charge < -0.3 is 36.3 Å². The standard InChI is InChI=1S/C15H17FN4O.C13H25NO4/c1-4-8-19-14(18-3)12-13(17-2)11-9(16)6-5-7-10(11)20-15(12)21;1-3-4-10(2)9-14-6-5-11(15)7-12(16)8-13(17)18/h4-8H,1-3H3,(H,18,19)(H2,17,20,21);3-4,10-12,14-16H,5-9H2,1-2H3,(H,17,18)/b8-4+;4-3-. The van der Waals surface area contributed by atoms with Crippen molar-refractivity contribution in [3.8, 4) is 0 Å². The van der Waals surface area contributed by atoms with Gasteiger partial charge in [0, 0.05) is 20.6 Å². The molecule has 10 nitrogen and oxygen atoms in total. The van der Waals surface area contributed by atoms with E-state index in [-0.39, 0.29) is 24.0 Å². The second-order valence-corrected chi connectivity index (χ2v) is 8.97. The molecule has 7 N–H and O–H groups in total. The average molecular weight is 548 g/mol. The number of carbonyl (C=O) groups is 1. The molecule has 3 unspecified atom stereocenters. The molecule has 3 atom stereocenters. The van der Waals surface area contributed by atoms with Crippen molar-refractivity contribution in [2.24, 2.45) is 10.9 Å². The number of aliphatic carboxylic acids is 1. The molecule has 11 heteroatoms. The van der Waals surface area contributed by atoms with Crippen LogP contribution in [0.5, 0.6) is 0 Å². The number of aliphatic hydroxyl groups is 2. The van der Waals surface area contributed by atoms with E-state index in [4.69, 9.17) is 5.11 Å². The zero-order valence-corrected chi connectivity index (χ0v) is 23.3. The zero-order valence-electron chi connectivity index (χ0n) is 23.3. The van der Waals surface area contributed by atoms with Gasteiger partial charge in [0.1, 0.15) is 17.2 Å². The maximum Gasteiger partial charge on any atom is 0.305 e. The normalized spacial score (nSPS) is 14.2. The van der Waals surface area contributed by atoms with E-state index in [1.807, 2.05) is 19.9 Å². The molecule has 39 heavy (non-hydrogen) atoms. The van der Waals surface area contributed by atoms with Crippen molar-refractivity contribution in [3.63, 3.8) is 0 Å². The van der Waals surface area contributed by atoms with Crippen LogP contribution in [0.25, 0.3) is 10.9 Å². The third-order valence-corrected chi connectivity index (χ3v) is 5.68. The van der Waals surface area contributed by atoms with Gasteiger partial charge in [-0.2, -0.15) is 0 Å². The van der Waals surface area contributed by atoms with E-state index in [9.17, 15) is 24.2 Å². The van der Waals surface area contributed by atoms with Crippen LogP contribution < -0.4 is 21.5 Å². The molecule has 2 rings (SSSR count). The maximum atomic E-state index is 14.1. The summed E-state index contributed by atoms with van der Waals surface area (Å²) in [6.07, 6.45) is 6.21. The van der Waals surface area contributed by atoms with Crippen LogP contribution in [0, 0.1) is 11.7 Å². The lowest BCUT2D eigenvalue weighted by molar-refractivity contribution is -0.139. The number of nitrogens with zero attached hydrogens (tertiary/aromatic N) is 1. The van der Waals surface area contributed by atoms with Crippen molar-refractivity contribution in [1.82, 2.24) is 15.6 Å². The molecule has 2 aromatic rings. The average Bonchev–Trinajstić information content (AvgIpc) is 2.87. The van der Waals surface area contributed by atoms with Gasteiger partial charge in [-0.15, -0.1) is 0 Å². The predicted molar refractivity (Wildman–Crippen MR) is 155 cm³/mol. The van der Waals surface area contributed by atoms with Crippen LogP contribution in [0.1, 0.15) is 45.6 Å². The van der Waals surface area contributed by atoms with E-state index in [1.165, 1.54) is 6.07 Å². The number of anilines is 1. The largest absolute Gasteiger partial charge is 0.481 e. The number of aromatic amines is 1. The lowest BCUT2D eigenvalue weighted by atomic mass is 10.1. The topological polar surface area (TPSA) is 159 Å². The van der Waals surface area contributed by atoms with Crippen LogP contribution in [0.15, 0.2) is 52.4 Å². The Morgan fingerprint density at radius 2 is 1.92 bits per heavy atom. The second kappa shape index (κ2) is 17.9. The first kappa shape index (κ1) is 33.5. The van der Waals surface area contributed by atoms with Crippen molar-refractivity contribution in [3.05, 3.63) is 64.4 Å². The summed E-state index contributed by atoms with van der Waals surface area (Å²) in [7, 11) is 3.21. The summed E-state index contributed by atoms with van der Waals surface area (Å²) in [5.41, 5.74) is 0.782. The maximum absolute atomic E-state index is 14.1. The predicted octanol–water partition coefficient (Wildman–Crippen LogP) is 2.97. The third-order valence-electron chi connectivity index (χ3n) is 5.68. The molecule has 0 saturated heterocycles. The summed E-state index contributed by atoms with van der Waals surface area (Å²) in [6, 6.07) is 4.57. The number of fused-ring (bicyclic) bond motifs is 1. The van der Waals surface area contributed by atoms with E-state index in [1.54, 1.807) is 38.5 Å². The van der Waals surface area contributed by atoms with Crippen LogP contribution in [0.3, 0.4) is 0 Å². The molecule has 1 aromatic heterocycles. The number of halogens is 1. The molecule has 0 spiro atoms. The molecule has 216 valence electrons. The number of aromatic nitrogens is 1. The van der Waals surface area contributed by atoms with Crippen molar-refractivity contribution >= 4 is 28.4 Å². The smallest absolute Gasteiger partial charge is 0.305 e. The van der Waals surface area contributed by atoms with Gasteiger partial charge >= 0.3 is 5.97 Å². The number of aliphatic imine (C=N–C) groups is 1. The molecule has 0 aliphatic heterocycles. The fourth-order valence-corrected chi connectivity index (χ4v) is 3.90. The van der Waals surface area contributed by atoms with Crippen LogP contribution in [0.2, 0.25) is 0 Å². The molecule has 0 radical (unpaired) electrons. The SMILES string of the molecule is C/C=C/NC(=NC)c1c(NC)c2c(F)cccc2[nH]c1=O.C/C=C\C(C)CNCCC(O)CC(O)CC(=O)O. The van der Waals surface area contributed by atoms with Gasteiger partial charge in [-0.3, -0.25) is 14.6 Å². The summed E-state index contributed by atoms with van der Waals surface area (Å²) in [5.74, 6) is -0.641. The Morgan fingerprint density at radius 1 is 1.21 bits per heavy atom. The van der Waals surface area contributed by atoms with Gasteiger partial charge in [0.15, 0.2) is 0 Å². The van der Waals surface area contributed by atoms with Crippen molar-refractivity contribution < 1.29 is 24.5 Å². The highest BCUT2D eigenvalue weighted by Gasteiger charge is 2.18. The summed E-state index contributed by atoms with van der Waals surface area (Å²) >= 11 is 0. The first-order chi connectivity index (χ1) is 18.6. The Bertz CT molecular complexity index is 1190. The van der Waals surface area contributed by atoms with E-state index in [0.29, 0.717) is 41.3 Å². The van der Waals surface area contributed by atoms with E-state index in [2.05, 4.69) is 38.9 Å². The summed E-state index contributed by atoms with van der Waals surface area (Å²) in [6.45, 7) is 7.41. The summed E-state index contributed by atoms with van der Waals surface area (Å²) < 4.78 is 14.1. The number of hydrogen-bond donors (Lipinski definition) is 7. The number of nitrogens with one attached hydrogen (secondary N) is 4. The molecule has 0 saturated carbocycles. The molecule has 0 fully saturated rings. The van der Waals surface area contributed by atoms with Gasteiger partial charge in [-0.1, -0.05) is 31.2 Å². The van der Waals surface area contributed by atoms with E-state index in [0.717, 1.165) is 6.54 Å². The first-order valence-corrected chi connectivity index (χ1v) is 12.9. The van der Waals surface area contributed by atoms with Gasteiger partial charge in [0.2, 0.25) is 0 Å². The summed E-state index contributed by atoms with van der Waals surface area (Å²) in [5, 5.41) is 36.8. The second-order valence-electron chi connectivity index (χ2n) is 8.97. The molecular formula is C28H42FN5O5. The molecule has 0 aliphatic rings. The number of rotatable bonds is 13. The van der Waals surface area contributed by atoms with Gasteiger partial charge in [0.05, 0.1) is 35.2 Å². The Morgan fingerprint density at radius 3 is 2.51 bits per heavy atom. The number of carboxylic acids is 1. The Kier molecular flexibility index (Phi) is 15.3. The van der Waals surface area contributed by atoms with Crippen LogP contribution in [-0.4, -0.2) is 71.5 Å². The van der Waals surface area contributed by atoms with E-state index < -0.39 is 24.0 Å². The fraction of sp³-hybridized carbons (Fsp3) is 0.464. The summed E-state index contributed by atoms with van der Waals surface area (Å²) in [4.78, 5) is 29.4. The Balaban J connectivity index is 0.000000396. The number of amidine groups is 1.